The first kappa shape index (κ1) is 34.8. The predicted octanol–water partition coefficient (Wildman–Crippen LogP) is 3.68. The lowest BCUT2D eigenvalue weighted by Gasteiger charge is -2.41. The zero-order valence-electron chi connectivity index (χ0n) is 27.5. The van der Waals surface area contributed by atoms with E-state index in [0.29, 0.717) is 11.3 Å². The molecule has 12 nitrogen and oxygen atoms in total. The van der Waals surface area contributed by atoms with Crippen molar-refractivity contribution in [1.29, 1.82) is 0 Å². The first-order valence-electron chi connectivity index (χ1n) is 15.7. The zero-order chi connectivity index (χ0) is 35.5. The van der Waals surface area contributed by atoms with E-state index < -0.39 is 53.1 Å². The molecule has 0 bridgehead atoms. The Balaban J connectivity index is 1.39. The van der Waals surface area contributed by atoms with Crippen LogP contribution in [0.5, 0.6) is 0 Å². The lowest BCUT2D eigenvalue weighted by atomic mass is 9.70. The van der Waals surface area contributed by atoms with Crippen LogP contribution < -0.4 is 9.62 Å². The molecule has 1 aliphatic carbocycles. The Morgan fingerprint density at radius 2 is 1.53 bits per heavy atom. The number of hydrogen-bond donors (Lipinski definition) is 1. The van der Waals surface area contributed by atoms with Gasteiger partial charge >= 0.3 is 0 Å². The van der Waals surface area contributed by atoms with Crippen LogP contribution in [0.25, 0.3) is 0 Å². The highest BCUT2D eigenvalue weighted by Crippen LogP contribution is 2.59. The summed E-state index contributed by atoms with van der Waals surface area (Å²) in [7, 11) is -5.01. The molecule has 262 valence electrons. The Hall–Kier alpha value is -4.02. The fraction of sp³-hybridized carbons (Fsp3) is 0.394. The molecule has 6 rings (SSSR count). The number of carbonyl (C=O) groups is 1. The summed E-state index contributed by atoms with van der Waals surface area (Å²) in [5, 5.41) is 2.75. The summed E-state index contributed by atoms with van der Waals surface area (Å²) in [5.41, 5.74) is 0.459. The number of rotatable bonds is 7. The largest absolute Gasteiger partial charge is 0.348 e. The number of guanidine groups is 1. The van der Waals surface area contributed by atoms with Gasteiger partial charge in [0.2, 0.25) is 5.96 Å². The summed E-state index contributed by atoms with van der Waals surface area (Å²) in [4.78, 5) is 16.6. The van der Waals surface area contributed by atoms with Crippen molar-refractivity contribution < 1.29 is 34.4 Å². The molecule has 1 N–H and O–H groups in total. The highest BCUT2D eigenvalue weighted by Gasteiger charge is 2.60. The molecule has 1 spiro atoms. The molecule has 3 aliphatic rings. The van der Waals surface area contributed by atoms with Gasteiger partial charge < -0.3 is 15.1 Å². The average molecular weight is 732 g/mol. The monoisotopic (exact) mass is 731 g/mol. The van der Waals surface area contributed by atoms with Gasteiger partial charge in [0.1, 0.15) is 15.7 Å². The van der Waals surface area contributed by atoms with Crippen LogP contribution in [0.2, 0.25) is 0 Å². The van der Waals surface area contributed by atoms with E-state index in [1.807, 2.05) is 0 Å². The molecule has 1 unspecified atom stereocenters. The number of hydrogen-bond acceptors (Lipinski definition) is 7. The van der Waals surface area contributed by atoms with Gasteiger partial charge in [-0.2, -0.15) is 8.42 Å². The SMILES string of the molecule is CN(C)C(=NS(=O)(=O)c1cccc(NC(=O)c2ccc3c(c2)C2(CCS(=O)(=O)CC2)C(C2CC2)N3S(=O)(=O)c2ccc(F)cc2)c1)N(C)C. The van der Waals surface area contributed by atoms with Crippen LogP contribution >= 0.6 is 0 Å². The second-order valence-electron chi connectivity index (χ2n) is 13.2. The zero-order valence-corrected chi connectivity index (χ0v) is 29.9. The number of fused-ring (bicyclic) bond motifs is 2. The van der Waals surface area contributed by atoms with Crippen molar-refractivity contribution in [3.8, 4) is 0 Å². The molecule has 0 radical (unpaired) electrons. The third-order valence-corrected chi connectivity index (χ3v) is 14.1. The van der Waals surface area contributed by atoms with E-state index in [1.165, 1.54) is 40.7 Å². The van der Waals surface area contributed by atoms with E-state index in [9.17, 15) is 34.4 Å². The number of nitrogens with zero attached hydrogens (tertiary/aromatic N) is 4. The van der Waals surface area contributed by atoms with Gasteiger partial charge in [0, 0.05) is 44.9 Å². The van der Waals surface area contributed by atoms with Crippen molar-refractivity contribution in [2.45, 2.75) is 46.9 Å². The van der Waals surface area contributed by atoms with Gasteiger partial charge in [-0.15, -0.1) is 4.40 Å². The molecule has 16 heteroatoms. The van der Waals surface area contributed by atoms with Gasteiger partial charge in [-0.25, -0.2) is 21.2 Å². The van der Waals surface area contributed by atoms with E-state index in [1.54, 1.807) is 56.2 Å². The van der Waals surface area contributed by atoms with Crippen LogP contribution in [0.1, 0.15) is 41.6 Å². The maximum atomic E-state index is 14.3. The quantitative estimate of drug-likeness (QED) is 0.283. The van der Waals surface area contributed by atoms with Crippen molar-refractivity contribution in [3.63, 3.8) is 0 Å². The Labute approximate surface area is 286 Å². The van der Waals surface area contributed by atoms with Crippen molar-refractivity contribution in [3.05, 3.63) is 83.7 Å². The standard InChI is InChI=1S/C33H38FN5O7S3/c1-37(2)32(38(3)4)36-48(43,44)27-7-5-6-25(21-27)35-31(40)23-10-15-29-28(20-23)33(16-18-47(41,42)19-17-33)30(22-8-9-22)39(29)49(45,46)26-13-11-24(34)12-14-26/h5-7,10-15,20-22,30H,8-9,16-19H2,1-4H3,(H,35,40). The minimum atomic E-state index is -4.20. The van der Waals surface area contributed by atoms with E-state index >= 15 is 0 Å². The summed E-state index contributed by atoms with van der Waals surface area (Å²) in [6.07, 6.45) is 1.91. The van der Waals surface area contributed by atoms with Gasteiger partial charge in [0.15, 0.2) is 0 Å². The van der Waals surface area contributed by atoms with E-state index in [2.05, 4.69) is 9.71 Å². The lowest BCUT2D eigenvalue weighted by molar-refractivity contribution is 0.102. The molecule has 3 aromatic carbocycles. The lowest BCUT2D eigenvalue weighted by Crippen LogP contribution is -2.52. The number of sulfonamides is 2. The van der Waals surface area contributed by atoms with Crippen molar-refractivity contribution in [2.75, 3.05) is 49.3 Å². The molecule has 1 saturated carbocycles. The third-order valence-electron chi connectivity index (χ3n) is 9.40. The van der Waals surface area contributed by atoms with Crippen molar-refractivity contribution in [1.82, 2.24) is 9.80 Å². The van der Waals surface area contributed by atoms with Crippen LogP contribution in [0, 0.1) is 11.7 Å². The fourth-order valence-electron chi connectivity index (χ4n) is 6.98. The first-order chi connectivity index (χ1) is 22.9. The number of amides is 1. The summed E-state index contributed by atoms with van der Waals surface area (Å²) >= 11 is 0. The first-order valence-corrected chi connectivity index (χ1v) is 20.4. The van der Waals surface area contributed by atoms with Gasteiger partial charge in [-0.1, -0.05) is 6.07 Å². The van der Waals surface area contributed by atoms with E-state index in [-0.39, 0.29) is 57.3 Å². The van der Waals surface area contributed by atoms with Crippen LogP contribution in [0.4, 0.5) is 15.8 Å². The Morgan fingerprint density at radius 1 is 0.898 bits per heavy atom. The normalized spacial score (nSPS) is 19.6. The van der Waals surface area contributed by atoms with Gasteiger partial charge in [-0.05, 0) is 97.8 Å². The van der Waals surface area contributed by atoms with E-state index in [0.717, 1.165) is 25.0 Å². The van der Waals surface area contributed by atoms with Gasteiger partial charge in [-0.3, -0.25) is 9.10 Å². The summed E-state index contributed by atoms with van der Waals surface area (Å²) in [6, 6.07) is 14.4. The highest BCUT2D eigenvalue weighted by atomic mass is 32.2. The molecule has 2 heterocycles. The topological polar surface area (TPSA) is 154 Å². The number of benzene rings is 3. The predicted molar refractivity (Wildman–Crippen MR) is 185 cm³/mol. The molecule has 49 heavy (non-hydrogen) atoms. The Morgan fingerprint density at radius 3 is 2.12 bits per heavy atom. The number of nitrogens with one attached hydrogen (secondary N) is 1. The third kappa shape index (κ3) is 6.53. The molecule has 0 aromatic heterocycles. The summed E-state index contributed by atoms with van der Waals surface area (Å²) in [5.74, 6) is -1.20. The number of carbonyl (C=O) groups excluding carboxylic acids is 1. The second kappa shape index (κ2) is 12.4. The average Bonchev–Trinajstić information content (AvgIpc) is 3.84. The number of anilines is 2. The van der Waals surface area contributed by atoms with Crippen LogP contribution in [-0.2, 0) is 35.3 Å². The number of sulfone groups is 1. The molecule has 2 aliphatic heterocycles. The molecule has 1 saturated heterocycles. The van der Waals surface area contributed by atoms with Crippen LogP contribution in [0.15, 0.2) is 80.9 Å². The Bertz CT molecular complexity index is 2140. The summed E-state index contributed by atoms with van der Waals surface area (Å²) in [6.45, 7) is 0. The second-order valence-corrected chi connectivity index (χ2v) is 18.9. The molecule has 1 amide bonds. The molecule has 2 fully saturated rings. The van der Waals surface area contributed by atoms with Gasteiger partial charge in [0.05, 0.1) is 33.0 Å². The molecule has 3 aromatic rings. The minimum absolute atomic E-state index is 0.0199. The molecule has 1 atom stereocenters. The summed E-state index contributed by atoms with van der Waals surface area (Å²) < 4.78 is 99.2. The Kier molecular flexibility index (Phi) is 8.81. The van der Waals surface area contributed by atoms with E-state index in [4.69, 9.17) is 0 Å². The van der Waals surface area contributed by atoms with Crippen LogP contribution in [-0.4, -0.2) is 92.7 Å². The molecular weight excluding hydrogens is 694 g/mol. The van der Waals surface area contributed by atoms with Crippen molar-refractivity contribution >= 4 is 53.1 Å². The number of halogens is 1. The minimum Gasteiger partial charge on any atom is -0.348 e. The molecular formula is C33H38FN5O7S3. The fourth-order valence-corrected chi connectivity index (χ4v) is 11.5. The maximum absolute atomic E-state index is 14.3. The maximum Gasteiger partial charge on any atom is 0.285 e. The smallest absolute Gasteiger partial charge is 0.285 e. The highest BCUT2D eigenvalue weighted by molar-refractivity contribution is 7.93. The van der Waals surface area contributed by atoms with Crippen LogP contribution in [0.3, 0.4) is 0 Å². The van der Waals surface area contributed by atoms with Gasteiger partial charge in [0.25, 0.3) is 26.0 Å². The van der Waals surface area contributed by atoms with Crippen molar-refractivity contribution in [2.24, 2.45) is 10.3 Å².